The molecule has 0 aliphatic heterocycles. The van der Waals surface area contributed by atoms with Crippen LogP contribution in [0.2, 0.25) is 0 Å². The van der Waals surface area contributed by atoms with Crippen molar-refractivity contribution in [3.05, 3.63) is 41.7 Å². The van der Waals surface area contributed by atoms with E-state index in [1.807, 2.05) is 0 Å². The Kier molecular flexibility index (Phi) is 5.55. The third-order valence-corrected chi connectivity index (χ3v) is 3.39. The van der Waals surface area contributed by atoms with Crippen LogP contribution in [0.1, 0.15) is 38.3 Å². The van der Waals surface area contributed by atoms with Gasteiger partial charge in [-0.1, -0.05) is 32.4 Å². The smallest absolute Gasteiger partial charge is 0.139 e. The maximum atomic E-state index is 4.43. The Morgan fingerprint density at radius 3 is 2.57 bits per heavy atom. The molecule has 1 aromatic heterocycles. The number of nitrogens with zero attached hydrogens (tertiary/aromatic N) is 2. The quantitative estimate of drug-likeness (QED) is 0.801. The van der Waals surface area contributed by atoms with Gasteiger partial charge in [-0.25, -0.2) is 9.97 Å². The van der Waals surface area contributed by atoms with Crippen molar-refractivity contribution >= 4 is 17.3 Å². The highest BCUT2D eigenvalue weighted by atomic mass is 15.1. The molecule has 1 heterocycles. The van der Waals surface area contributed by atoms with Crippen LogP contribution in [0.4, 0.5) is 17.3 Å². The molecule has 2 N–H and O–H groups in total. The molecule has 1 aromatic carbocycles. The van der Waals surface area contributed by atoms with Gasteiger partial charge >= 0.3 is 0 Å². The van der Waals surface area contributed by atoms with E-state index in [2.05, 4.69) is 65.6 Å². The topological polar surface area (TPSA) is 49.8 Å². The third kappa shape index (κ3) is 3.94. The highest BCUT2D eigenvalue weighted by Gasteiger charge is 2.10. The molecule has 0 unspecified atom stereocenters. The molecule has 112 valence electrons. The highest BCUT2D eigenvalue weighted by Crippen LogP contribution is 2.25. The number of hydrogen-bond acceptors (Lipinski definition) is 4. The number of nitrogens with one attached hydrogen (secondary N) is 2. The zero-order valence-electron chi connectivity index (χ0n) is 13.1. The maximum absolute atomic E-state index is 4.43. The fourth-order valence-corrected chi connectivity index (χ4v) is 2.33. The lowest BCUT2D eigenvalue weighted by atomic mass is 10.1. The van der Waals surface area contributed by atoms with Crippen molar-refractivity contribution in [2.75, 3.05) is 17.2 Å². The van der Waals surface area contributed by atoms with Gasteiger partial charge in [0.25, 0.3) is 0 Å². The van der Waals surface area contributed by atoms with E-state index in [-0.39, 0.29) is 0 Å². The second kappa shape index (κ2) is 7.62. The molecule has 0 bridgehead atoms. The van der Waals surface area contributed by atoms with E-state index < -0.39 is 0 Å². The normalized spacial score (nSPS) is 10.4. The molecule has 0 saturated carbocycles. The summed E-state index contributed by atoms with van der Waals surface area (Å²) < 4.78 is 0. The van der Waals surface area contributed by atoms with Crippen molar-refractivity contribution in [1.82, 2.24) is 9.97 Å². The molecule has 0 saturated heterocycles. The summed E-state index contributed by atoms with van der Waals surface area (Å²) in [7, 11) is 0. The summed E-state index contributed by atoms with van der Waals surface area (Å²) in [6.07, 6.45) is 4.67. The molecule has 4 nitrogen and oxygen atoms in total. The number of aromatic nitrogens is 2. The predicted molar refractivity (Wildman–Crippen MR) is 89.3 cm³/mol. The molecule has 2 rings (SSSR count). The van der Waals surface area contributed by atoms with E-state index in [1.54, 1.807) is 6.33 Å². The first kappa shape index (κ1) is 15.3. The SMILES string of the molecule is CCCc1c(NCC)ncnc1Nc1cccc(CC)c1. The third-order valence-electron chi connectivity index (χ3n) is 3.39. The molecule has 0 amide bonds. The van der Waals surface area contributed by atoms with Gasteiger partial charge in [0.15, 0.2) is 0 Å². The number of benzene rings is 1. The zero-order valence-corrected chi connectivity index (χ0v) is 13.1. The number of rotatable bonds is 7. The van der Waals surface area contributed by atoms with Crippen molar-refractivity contribution in [2.45, 2.75) is 40.0 Å². The summed E-state index contributed by atoms with van der Waals surface area (Å²) in [4.78, 5) is 8.79. The molecular weight excluding hydrogens is 260 g/mol. The van der Waals surface area contributed by atoms with E-state index >= 15 is 0 Å². The molecule has 0 atom stereocenters. The molecule has 21 heavy (non-hydrogen) atoms. The van der Waals surface area contributed by atoms with Crippen LogP contribution >= 0.6 is 0 Å². The summed E-state index contributed by atoms with van der Waals surface area (Å²) in [6.45, 7) is 7.27. The predicted octanol–water partition coefficient (Wildman–Crippen LogP) is 4.17. The number of aryl methyl sites for hydroxylation is 1. The van der Waals surface area contributed by atoms with Crippen molar-refractivity contribution < 1.29 is 0 Å². The van der Waals surface area contributed by atoms with Crippen molar-refractivity contribution in [2.24, 2.45) is 0 Å². The van der Waals surface area contributed by atoms with Crippen LogP contribution in [0, 0.1) is 0 Å². The van der Waals surface area contributed by atoms with Gasteiger partial charge in [-0.05, 0) is 37.5 Å². The fraction of sp³-hybridized carbons (Fsp3) is 0.412. The van der Waals surface area contributed by atoms with Gasteiger partial charge < -0.3 is 10.6 Å². The first-order valence-electron chi connectivity index (χ1n) is 7.72. The Morgan fingerprint density at radius 2 is 1.86 bits per heavy atom. The standard InChI is InChI=1S/C17H24N4/c1-4-8-15-16(18-6-3)19-12-20-17(15)21-14-10-7-9-13(5-2)11-14/h7,9-12H,4-6,8H2,1-3H3,(H2,18,19,20,21). The molecule has 2 aromatic rings. The van der Waals surface area contributed by atoms with Gasteiger partial charge in [-0.2, -0.15) is 0 Å². The van der Waals surface area contributed by atoms with Crippen molar-refractivity contribution in [3.8, 4) is 0 Å². The van der Waals surface area contributed by atoms with Crippen LogP contribution in [-0.2, 0) is 12.8 Å². The second-order valence-corrected chi connectivity index (χ2v) is 5.01. The molecule has 0 fully saturated rings. The Bertz CT molecular complexity index is 581. The molecule has 0 radical (unpaired) electrons. The van der Waals surface area contributed by atoms with Crippen LogP contribution in [-0.4, -0.2) is 16.5 Å². The van der Waals surface area contributed by atoms with Crippen LogP contribution in [0.5, 0.6) is 0 Å². The molecule has 0 spiro atoms. The van der Waals surface area contributed by atoms with Gasteiger partial charge in [0.2, 0.25) is 0 Å². The summed E-state index contributed by atoms with van der Waals surface area (Å²) in [5.41, 5.74) is 3.55. The van der Waals surface area contributed by atoms with Gasteiger partial charge in [0.05, 0.1) is 0 Å². The largest absolute Gasteiger partial charge is 0.370 e. The maximum Gasteiger partial charge on any atom is 0.139 e. The molecule has 0 aliphatic carbocycles. The van der Waals surface area contributed by atoms with Gasteiger partial charge in [0, 0.05) is 17.8 Å². The summed E-state index contributed by atoms with van der Waals surface area (Å²) >= 11 is 0. The Morgan fingerprint density at radius 1 is 1.05 bits per heavy atom. The Hall–Kier alpha value is -2.10. The van der Waals surface area contributed by atoms with Crippen LogP contribution in [0.25, 0.3) is 0 Å². The van der Waals surface area contributed by atoms with Crippen LogP contribution in [0.15, 0.2) is 30.6 Å². The zero-order chi connectivity index (χ0) is 15.1. The minimum Gasteiger partial charge on any atom is -0.370 e. The summed E-state index contributed by atoms with van der Waals surface area (Å²) in [5.74, 6) is 1.83. The van der Waals surface area contributed by atoms with Gasteiger partial charge in [0.1, 0.15) is 18.0 Å². The average Bonchev–Trinajstić information content (AvgIpc) is 2.51. The van der Waals surface area contributed by atoms with E-state index in [1.165, 1.54) is 5.56 Å². The van der Waals surface area contributed by atoms with Crippen LogP contribution < -0.4 is 10.6 Å². The van der Waals surface area contributed by atoms with E-state index in [0.717, 1.165) is 48.7 Å². The van der Waals surface area contributed by atoms with E-state index in [0.29, 0.717) is 0 Å². The fourth-order valence-electron chi connectivity index (χ4n) is 2.33. The molecule has 4 heteroatoms. The first-order valence-corrected chi connectivity index (χ1v) is 7.72. The highest BCUT2D eigenvalue weighted by molar-refractivity contribution is 5.65. The van der Waals surface area contributed by atoms with E-state index in [9.17, 15) is 0 Å². The monoisotopic (exact) mass is 284 g/mol. The minimum atomic E-state index is 0.860. The number of anilines is 3. The molecular formula is C17H24N4. The van der Waals surface area contributed by atoms with Gasteiger partial charge in [-0.3, -0.25) is 0 Å². The summed E-state index contributed by atoms with van der Waals surface area (Å²) in [5, 5.41) is 6.76. The van der Waals surface area contributed by atoms with Crippen molar-refractivity contribution in [1.29, 1.82) is 0 Å². The average molecular weight is 284 g/mol. The lowest BCUT2D eigenvalue weighted by Crippen LogP contribution is -2.08. The van der Waals surface area contributed by atoms with E-state index in [4.69, 9.17) is 0 Å². The van der Waals surface area contributed by atoms with Crippen molar-refractivity contribution in [3.63, 3.8) is 0 Å². The number of hydrogen-bond donors (Lipinski definition) is 2. The summed E-state index contributed by atoms with van der Waals surface area (Å²) in [6, 6.07) is 8.46. The molecule has 0 aliphatic rings. The van der Waals surface area contributed by atoms with Gasteiger partial charge in [-0.15, -0.1) is 0 Å². The first-order chi connectivity index (χ1) is 10.3. The minimum absolute atomic E-state index is 0.860. The second-order valence-electron chi connectivity index (χ2n) is 5.01. The Labute approximate surface area is 127 Å². The van der Waals surface area contributed by atoms with Crippen LogP contribution in [0.3, 0.4) is 0 Å². The Balaban J connectivity index is 2.31. The lowest BCUT2D eigenvalue weighted by molar-refractivity contribution is 0.902. The lowest BCUT2D eigenvalue weighted by Gasteiger charge is -2.15.